The second-order valence-electron chi connectivity index (χ2n) is 7.47. The maximum Gasteiger partial charge on any atom is 0.254 e. The van der Waals surface area contributed by atoms with Crippen LogP contribution >= 0.6 is 0 Å². The van der Waals surface area contributed by atoms with Crippen LogP contribution in [0.4, 0.5) is 0 Å². The zero-order chi connectivity index (χ0) is 16.5. The van der Waals surface area contributed by atoms with Gasteiger partial charge in [-0.3, -0.25) is 9.59 Å². The Labute approximate surface area is 143 Å². The fourth-order valence-corrected chi connectivity index (χ4v) is 4.85. The van der Waals surface area contributed by atoms with Gasteiger partial charge >= 0.3 is 0 Å². The van der Waals surface area contributed by atoms with Crippen molar-refractivity contribution in [1.82, 2.24) is 9.80 Å². The summed E-state index contributed by atoms with van der Waals surface area (Å²) in [7, 11) is 0. The predicted octanol–water partition coefficient (Wildman–Crippen LogP) is 3.08. The van der Waals surface area contributed by atoms with Crippen LogP contribution in [-0.2, 0) is 4.79 Å². The maximum absolute atomic E-state index is 13.2. The van der Waals surface area contributed by atoms with Crippen molar-refractivity contribution in [3.05, 3.63) is 35.9 Å². The number of rotatable bonds is 2. The van der Waals surface area contributed by atoms with Gasteiger partial charge in [-0.05, 0) is 50.2 Å². The molecule has 3 aliphatic rings. The molecule has 0 aromatic heterocycles. The third-order valence-electron chi connectivity index (χ3n) is 6.05. The molecule has 1 aromatic carbocycles. The van der Waals surface area contributed by atoms with E-state index >= 15 is 0 Å². The second kappa shape index (κ2) is 6.58. The predicted molar refractivity (Wildman–Crippen MR) is 92.6 cm³/mol. The van der Waals surface area contributed by atoms with Crippen LogP contribution in [0, 0.1) is 5.92 Å². The van der Waals surface area contributed by atoms with E-state index in [9.17, 15) is 9.59 Å². The molecule has 0 N–H and O–H groups in total. The normalized spacial score (nSPS) is 29.6. The summed E-state index contributed by atoms with van der Waals surface area (Å²) in [6.45, 7) is 1.72. The summed E-state index contributed by atoms with van der Waals surface area (Å²) in [6.07, 6.45) is 7.66. The van der Waals surface area contributed by atoms with E-state index in [1.54, 1.807) is 0 Å². The highest BCUT2D eigenvalue weighted by atomic mass is 16.2. The van der Waals surface area contributed by atoms with E-state index in [2.05, 4.69) is 0 Å². The van der Waals surface area contributed by atoms with Crippen LogP contribution in [-0.4, -0.2) is 46.8 Å². The molecule has 0 radical (unpaired) electrons. The SMILES string of the molecule is O=C([C@@H]1C[C@@H]2CCCC[C@H]2N1C(=O)c1ccccc1)N1CCCC1. The molecule has 2 aliphatic heterocycles. The molecule has 4 rings (SSSR count). The number of amides is 2. The molecule has 0 bridgehead atoms. The molecule has 0 spiro atoms. The van der Waals surface area contributed by atoms with Crippen molar-refractivity contribution in [2.24, 2.45) is 5.92 Å². The van der Waals surface area contributed by atoms with Crippen molar-refractivity contribution in [3.8, 4) is 0 Å². The minimum atomic E-state index is -0.246. The van der Waals surface area contributed by atoms with Crippen LogP contribution in [0.1, 0.15) is 55.3 Å². The van der Waals surface area contributed by atoms with Crippen LogP contribution < -0.4 is 0 Å². The Balaban J connectivity index is 1.63. The molecule has 1 aliphatic carbocycles. The van der Waals surface area contributed by atoms with Gasteiger partial charge in [0.05, 0.1) is 0 Å². The van der Waals surface area contributed by atoms with Crippen molar-refractivity contribution in [3.63, 3.8) is 0 Å². The van der Waals surface area contributed by atoms with Gasteiger partial charge in [0, 0.05) is 24.7 Å². The van der Waals surface area contributed by atoms with Crippen molar-refractivity contribution < 1.29 is 9.59 Å². The van der Waals surface area contributed by atoms with Crippen LogP contribution in [0.2, 0.25) is 0 Å². The number of fused-ring (bicyclic) bond motifs is 1. The molecule has 1 aromatic rings. The summed E-state index contributed by atoms with van der Waals surface area (Å²) in [5.74, 6) is 0.733. The Morgan fingerprint density at radius 1 is 0.917 bits per heavy atom. The summed E-state index contributed by atoms with van der Waals surface area (Å²) >= 11 is 0. The molecule has 24 heavy (non-hydrogen) atoms. The molecule has 2 saturated heterocycles. The lowest BCUT2D eigenvalue weighted by molar-refractivity contribution is -0.134. The van der Waals surface area contributed by atoms with E-state index in [0.29, 0.717) is 11.5 Å². The van der Waals surface area contributed by atoms with E-state index in [1.807, 2.05) is 40.1 Å². The topological polar surface area (TPSA) is 40.6 Å². The van der Waals surface area contributed by atoms with Gasteiger partial charge in [0.1, 0.15) is 6.04 Å². The smallest absolute Gasteiger partial charge is 0.254 e. The molecule has 2 heterocycles. The number of nitrogens with zero attached hydrogens (tertiary/aromatic N) is 2. The van der Waals surface area contributed by atoms with Crippen molar-refractivity contribution >= 4 is 11.8 Å². The van der Waals surface area contributed by atoms with E-state index in [0.717, 1.165) is 45.2 Å². The molecule has 128 valence electrons. The van der Waals surface area contributed by atoms with Gasteiger partial charge in [-0.2, -0.15) is 0 Å². The van der Waals surface area contributed by atoms with Crippen molar-refractivity contribution in [2.75, 3.05) is 13.1 Å². The highest BCUT2D eigenvalue weighted by Crippen LogP contribution is 2.41. The van der Waals surface area contributed by atoms with Crippen LogP contribution in [0.25, 0.3) is 0 Å². The van der Waals surface area contributed by atoms with Crippen molar-refractivity contribution in [1.29, 1.82) is 0 Å². The number of benzene rings is 1. The lowest BCUT2D eigenvalue weighted by Gasteiger charge is -2.34. The fourth-order valence-electron chi connectivity index (χ4n) is 4.85. The first-order valence-corrected chi connectivity index (χ1v) is 9.42. The molecular weight excluding hydrogens is 300 g/mol. The first-order chi connectivity index (χ1) is 11.8. The van der Waals surface area contributed by atoms with Gasteiger partial charge in [-0.1, -0.05) is 31.0 Å². The summed E-state index contributed by atoms with van der Waals surface area (Å²) in [5, 5.41) is 0. The number of carbonyl (C=O) groups is 2. The molecular formula is C20H26N2O2. The van der Waals surface area contributed by atoms with Gasteiger partial charge in [0.2, 0.25) is 5.91 Å². The van der Waals surface area contributed by atoms with Gasteiger partial charge in [-0.25, -0.2) is 0 Å². The molecule has 3 fully saturated rings. The van der Waals surface area contributed by atoms with Gasteiger partial charge < -0.3 is 9.80 Å². The Morgan fingerprint density at radius 3 is 2.38 bits per heavy atom. The molecule has 3 atom stereocenters. The molecule has 0 unspecified atom stereocenters. The average Bonchev–Trinajstić information content (AvgIpc) is 3.29. The monoisotopic (exact) mass is 326 g/mol. The van der Waals surface area contributed by atoms with E-state index in [-0.39, 0.29) is 23.9 Å². The minimum absolute atomic E-state index is 0.0440. The van der Waals surface area contributed by atoms with Crippen LogP contribution in [0.5, 0.6) is 0 Å². The van der Waals surface area contributed by atoms with Gasteiger partial charge in [0.25, 0.3) is 5.91 Å². The summed E-state index contributed by atoms with van der Waals surface area (Å²) in [5.41, 5.74) is 0.711. The standard InChI is InChI=1S/C20H26N2O2/c23-19(15-8-2-1-3-9-15)22-17-11-5-4-10-16(17)14-18(22)20(24)21-12-6-7-13-21/h1-3,8-9,16-18H,4-7,10-14H2/t16-,17+,18-/m0/s1. The Kier molecular flexibility index (Phi) is 4.30. The zero-order valence-electron chi connectivity index (χ0n) is 14.2. The summed E-state index contributed by atoms with van der Waals surface area (Å²) in [4.78, 5) is 30.2. The van der Waals surface area contributed by atoms with Gasteiger partial charge in [-0.15, -0.1) is 0 Å². The molecule has 2 amide bonds. The largest absolute Gasteiger partial charge is 0.341 e. The maximum atomic E-state index is 13.2. The summed E-state index contributed by atoms with van der Waals surface area (Å²) in [6, 6.07) is 9.48. The van der Waals surface area contributed by atoms with Crippen LogP contribution in [0.15, 0.2) is 30.3 Å². The highest BCUT2D eigenvalue weighted by molar-refractivity contribution is 5.98. The molecule has 4 nitrogen and oxygen atoms in total. The Hall–Kier alpha value is -1.84. The van der Waals surface area contributed by atoms with Gasteiger partial charge in [0.15, 0.2) is 0 Å². The lowest BCUT2D eigenvalue weighted by Crippen LogP contribution is -2.50. The number of hydrogen-bond acceptors (Lipinski definition) is 2. The molecule has 1 saturated carbocycles. The first-order valence-electron chi connectivity index (χ1n) is 9.42. The third-order valence-corrected chi connectivity index (χ3v) is 6.05. The van der Waals surface area contributed by atoms with Crippen LogP contribution in [0.3, 0.4) is 0 Å². The first kappa shape index (κ1) is 15.7. The second-order valence-corrected chi connectivity index (χ2v) is 7.47. The van der Waals surface area contributed by atoms with E-state index in [4.69, 9.17) is 0 Å². The average molecular weight is 326 g/mol. The minimum Gasteiger partial charge on any atom is -0.341 e. The third kappa shape index (κ3) is 2.72. The van der Waals surface area contributed by atoms with E-state index in [1.165, 1.54) is 12.8 Å². The van der Waals surface area contributed by atoms with Crippen molar-refractivity contribution in [2.45, 2.75) is 57.0 Å². The van der Waals surface area contributed by atoms with E-state index < -0.39 is 0 Å². The zero-order valence-corrected chi connectivity index (χ0v) is 14.2. The number of carbonyl (C=O) groups excluding carboxylic acids is 2. The summed E-state index contributed by atoms with van der Waals surface area (Å²) < 4.78 is 0. The molecule has 4 heteroatoms. The number of hydrogen-bond donors (Lipinski definition) is 0. The quantitative estimate of drug-likeness (QED) is 0.838. The fraction of sp³-hybridized carbons (Fsp3) is 0.600. The lowest BCUT2D eigenvalue weighted by atomic mass is 9.84. The highest BCUT2D eigenvalue weighted by Gasteiger charge is 2.48. The number of likely N-dealkylation sites (tertiary alicyclic amines) is 2. The Morgan fingerprint density at radius 2 is 1.62 bits per heavy atom. The Bertz CT molecular complexity index is 609.